The molecule has 4 nitrogen and oxygen atoms in total. The Balaban J connectivity index is 1.89. The molecule has 2 bridgehead atoms. The van der Waals surface area contributed by atoms with E-state index in [1.54, 1.807) is 0 Å². The van der Waals surface area contributed by atoms with Crippen LogP contribution >= 0.6 is 0 Å². The summed E-state index contributed by atoms with van der Waals surface area (Å²) in [5.74, 6) is 0.189. The van der Waals surface area contributed by atoms with Crippen molar-refractivity contribution < 1.29 is 13.2 Å². The third-order valence-electron chi connectivity index (χ3n) is 3.25. The summed E-state index contributed by atoms with van der Waals surface area (Å²) in [6.45, 7) is 1.48. The van der Waals surface area contributed by atoms with E-state index in [-0.39, 0.29) is 12.0 Å². The first kappa shape index (κ1) is 10.8. The van der Waals surface area contributed by atoms with Crippen molar-refractivity contribution in [1.29, 1.82) is 0 Å². The lowest BCUT2D eigenvalue weighted by atomic mass is 10.2. The predicted octanol–water partition coefficient (Wildman–Crippen LogP) is 1.05. The van der Waals surface area contributed by atoms with Crippen molar-refractivity contribution in [2.45, 2.75) is 24.7 Å². The molecule has 1 aromatic heterocycles. The number of piperazine rings is 1. The molecule has 0 saturated carbocycles. The molecule has 0 aliphatic carbocycles. The Kier molecular flexibility index (Phi) is 2.25. The molecule has 1 N–H and O–H groups in total. The standard InChI is InChI=1S/C10H11F3N4/c11-10(12,13)8-1-2-14-9(16-8)17-5-6-3-7(17)4-15-6/h1-2,6-7,15H,3-5H2/t6-,7-/m0/s1. The predicted molar refractivity (Wildman–Crippen MR) is 54.6 cm³/mol. The van der Waals surface area contributed by atoms with E-state index < -0.39 is 11.9 Å². The van der Waals surface area contributed by atoms with Gasteiger partial charge in [-0.15, -0.1) is 0 Å². The molecule has 3 heterocycles. The number of nitrogens with zero attached hydrogens (tertiary/aromatic N) is 3. The Morgan fingerprint density at radius 3 is 2.82 bits per heavy atom. The zero-order valence-electron chi connectivity index (χ0n) is 8.91. The van der Waals surface area contributed by atoms with Crippen molar-refractivity contribution in [3.8, 4) is 0 Å². The summed E-state index contributed by atoms with van der Waals surface area (Å²) in [6.07, 6.45) is -2.28. The summed E-state index contributed by atoms with van der Waals surface area (Å²) >= 11 is 0. The van der Waals surface area contributed by atoms with Gasteiger partial charge in [-0.05, 0) is 12.5 Å². The van der Waals surface area contributed by atoms with E-state index in [0.29, 0.717) is 12.6 Å². The van der Waals surface area contributed by atoms with Crippen LogP contribution in [0.2, 0.25) is 0 Å². The SMILES string of the molecule is FC(F)(F)c1ccnc(N2C[C@@H]3C[C@H]2CN3)n1. The zero-order valence-corrected chi connectivity index (χ0v) is 8.91. The summed E-state index contributed by atoms with van der Waals surface area (Å²) in [5, 5.41) is 3.28. The Hall–Kier alpha value is -1.37. The number of alkyl halides is 3. The first-order chi connectivity index (χ1) is 8.04. The third kappa shape index (κ3) is 1.84. The second-order valence-electron chi connectivity index (χ2n) is 4.39. The fourth-order valence-electron chi connectivity index (χ4n) is 2.45. The Morgan fingerprint density at radius 1 is 1.41 bits per heavy atom. The fraction of sp³-hybridized carbons (Fsp3) is 0.600. The topological polar surface area (TPSA) is 41.1 Å². The highest BCUT2D eigenvalue weighted by atomic mass is 19.4. The zero-order chi connectivity index (χ0) is 12.0. The lowest BCUT2D eigenvalue weighted by Crippen LogP contribution is -2.44. The molecule has 0 radical (unpaired) electrons. The van der Waals surface area contributed by atoms with Gasteiger partial charge in [0.1, 0.15) is 5.69 Å². The smallest absolute Gasteiger partial charge is 0.335 e. The maximum absolute atomic E-state index is 12.5. The molecule has 3 rings (SSSR count). The van der Waals surface area contributed by atoms with Crippen molar-refractivity contribution in [3.63, 3.8) is 0 Å². The van der Waals surface area contributed by atoms with Crippen LogP contribution < -0.4 is 10.2 Å². The summed E-state index contributed by atoms with van der Waals surface area (Å²) in [7, 11) is 0. The number of rotatable bonds is 1. The van der Waals surface area contributed by atoms with E-state index in [2.05, 4.69) is 15.3 Å². The number of anilines is 1. The molecule has 1 aromatic rings. The number of aromatic nitrogens is 2. The van der Waals surface area contributed by atoms with Crippen LogP contribution in [0.5, 0.6) is 0 Å². The average molecular weight is 244 g/mol. The van der Waals surface area contributed by atoms with Gasteiger partial charge >= 0.3 is 6.18 Å². The van der Waals surface area contributed by atoms with Crippen molar-refractivity contribution >= 4 is 5.95 Å². The minimum Gasteiger partial charge on any atom is -0.335 e. The number of hydrogen-bond donors (Lipinski definition) is 1. The van der Waals surface area contributed by atoms with Crippen molar-refractivity contribution in [2.75, 3.05) is 18.0 Å². The molecule has 0 aromatic carbocycles. The van der Waals surface area contributed by atoms with Gasteiger partial charge in [0.25, 0.3) is 0 Å². The molecule has 0 unspecified atom stereocenters. The summed E-state index contributed by atoms with van der Waals surface area (Å²) in [6, 6.07) is 1.48. The lowest BCUT2D eigenvalue weighted by Gasteiger charge is -2.27. The summed E-state index contributed by atoms with van der Waals surface area (Å²) in [4.78, 5) is 9.41. The quantitative estimate of drug-likeness (QED) is 0.801. The second kappa shape index (κ2) is 3.56. The Bertz CT molecular complexity index is 434. The monoisotopic (exact) mass is 244 g/mol. The molecule has 17 heavy (non-hydrogen) atoms. The van der Waals surface area contributed by atoms with Crippen molar-refractivity contribution in [1.82, 2.24) is 15.3 Å². The largest absolute Gasteiger partial charge is 0.433 e. The van der Waals surface area contributed by atoms with Crippen molar-refractivity contribution in [3.05, 3.63) is 18.0 Å². The molecule has 2 aliphatic heterocycles. The Morgan fingerprint density at radius 2 is 2.24 bits per heavy atom. The molecule has 0 spiro atoms. The van der Waals surface area contributed by atoms with Gasteiger partial charge in [0.05, 0.1) is 0 Å². The summed E-state index contributed by atoms with van der Waals surface area (Å²) < 4.78 is 37.6. The van der Waals surface area contributed by atoms with Gasteiger partial charge in [0, 0.05) is 31.4 Å². The van der Waals surface area contributed by atoms with Gasteiger partial charge in [0.2, 0.25) is 5.95 Å². The minimum atomic E-state index is -4.41. The van der Waals surface area contributed by atoms with E-state index in [1.807, 2.05) is 4.90 Å². The maximum atomic E-state index is 12.5. The van der Waals surface area contributed by atoms with E-state index in [4.69, 9.17) is 0 Å². The molecule has 0 amide bonds. The van der Waals surface area contributed by atoms with E-state index in [1.165, 1.54) is 6.20 Å². The van der Waals surface area contributed by atoms with Gasteiger partial charge in [-0.25, -0.2) is 9.97 Å². The van der Waals surface area contributed by atoms with Crippen LogP contribution in [0.3, 0.4) is 0 Å². The van der Waals surface area contributed by atoms with Crippen LogP contribution in [-0.2, 0) is 6.18 Å². The minimum absolute atomic E-state index is 0.189. The van der Waals surface area contributed by atoms with Crippen LogP contribution in [0.15, 0.2) is 12.3 Å². The first-order valence-electron chi connectivity index (χ1n) is 5.44. The van der Waals surface area contributed by atoms with Crippen molar-refractivity contribution in [2.24, 2.45) is 0 Å². The molecule has 2 saturated heterocycles. The second-order valence-corrected chi connectivity index (χ2v) is 4.39. The van der Waals surface area contributed by atoms with Gasteiger partial charge in [0.15, 0.2) is 0 Å². The average Bonchev–Trinajstić information content (AvgIpc) is 2.89. The van der Waals surface area contributed by atoms with E-state index in [0.717, 1.165) is 19.0 Å². The number of hydrogen-bond acceptors (Lipinski definition) is 4. The fourth-order valence-corrected chi connectivity index (χ4v) is 2.45. The van der Waals surface area contributed by atoms with Gasteiger partial charge in [-0.2, -0.15) is 13.2 Å². The normalized spacial score (nSPS) is 27.8. The first-order valence-corrected chi connectivity index (χ1v) is 5.44. The van der Waals surface area contributed by atoms with Crippen LogP contribution in [0.25, 0.3) is 0 Å². The van der Waals surface area contributed by atoms with E-state index >= 15 is 0 Å². The van der Waals surface area contributed by atoms with E-state index in [9.17, 15) is 13.2 Å². The number of fused-ring (bicyclic) bond motifs is 2. The van der Waals surface area contributed by atoms with Gasteiger partial charge < -0.3 is 10.2 Å². The number of halogens is 3. The highest BCUT2D eigenvalue weighted by Gasteiger charge is 2.40. The lowest BCUT2D eigenvalue weighted by molar-refractivity contribution is -0.141. The van der Waals surface area contributed by atoms with Gasteiger partial charge in [-0.3, -0.25) is 0 Å². The number of nitrogens with one attached hydrogen (secondary N) is 1. The molecular formula is C10H11F3N4. The summed E-state index contributed by atoms with van der Waals surface area (Å²) in [5.41, 5.74) is -0.877. The molecule has 2 aliphatic rings. The highest BCUT2D eigenvalue weighted by molar-refractivity contribution is 5.37. The van der Waals surface area contributed by atoms with Crippen LogP contribution in [-0.4, -0.2) is 35.1 Å². The molecule has 2 atom stereocenters. The van der Waals surface area contributed by atoms with Gasteiger partial charge in [-0.1, -0.05) is 0 Å². The molecule has 2 fully saturated rings. The maximum Gasteiger partial charge on any atom is 0.433 e. The molecule has 92 valence electrons. The molecule has 7 heteroatoms. The highest BCUT2D eigenvalue weighted by Crippen LogP contribution is 2.31. The van der Waals surface area contributed by atoms with Crippen LogP contribution in [0.4, 0.5) is 19.1 Å². The van der Waals surface area contributed by atoms with Crippen LogP contribution in [0.1, 0.15) is 12.1 Å². The molecular weight excluding hydrogens is 233 g/mol. The third-order valence-corrected chi connectivity index (χ3v) is 3.25. The Labute approximate surface area is 95.9 Å². The van der Waals surface area contributed by atoms with Crippen LogP contribution in [0, 0.1) is 0 Å².